The maximum atomic E-state index is 13.5. The molecule has 0 aromatic carbocycles. The molecule has 0 aromatic rings. The molecule has 5 heteroatoms. The summed E-state index contributed by atoms with van der Waals surface area (Å²) in [4.78, 5) is 12.6. The summed E-state index contributed by atoms with van der Waals surface area (Å²) in [6.45, 7) is 6.44. The molecule has 0 fully saturated rings. The predicted octanol–water partition coefficient (Wildman–Crippen LogP) is 1.54. The van der Waals surface area contributed by atoms with Gasteiger partial charge in [-0.1, -0.05) is 0 Å². The third-order valence-electron chi connectivity index (χ3n) is 1.70. The van der Waals surface area contributed by atoms with Gasteiger partial charge in [-0.25, -0.2) is 9.18 Å². The van der Waals surface area contributed by atoms with E-state index >= 15 is 0 Å². The number of hydrogen-bond acceptors (Lipinski definition) is 3. The summed E-state index contributed by atoms with van der Waals surface area (Å²) in [5.74, 6) is 0. The molecule has 0 radical (unpaired) electrons. The summed E-state index contributed by atoms with van der Waals surface area (Å²) in [5, 5.41) is 0. The minimum Gasteiger partial charge on any atom is -0.444 e. The second kappa shape index (κ2) is 4.79. The first-order valence-electron chi connectivity index (χ1n) is 4.90. The van der Waals surface area contributed by atoms with Crippen molar-refractivity contribution in [3.8, 4) is 0 Å². The third-order valence-corrected chi connectivity index (χ3v) is 1.70. The average Bonchev–Trinajstić information content (AvgIpc) is 2.00. The summed E-state index contributed by atoms with van der Waals surface area (Å²) < 4.78 is 18.6. The molecule has 1 atom stereocenters. The first-order valence-corrected chi connectivity index (χ1v) is 4.90. The Labute approximate surface area is 90.6 Å². The Hall–Kier alpha value is -0.840. The molecule has 0 heterocycles. The molecule has 2 N–H and O–H groups in total. The number of nitrogens with zero attached hydrogens (tertiary/aromatic N) is 1. The molecular weight excluding hydrogens is 199 g/mol. The highest BCUT2D eigenvalue weighted by molar-refractivity contribution is 5.67. The van der Waals surface area contributed by atoms with Gasteiger partial charge in [0.2, 0.25) is 0 Å². The van der Waals surface area contributed by atoms with E-state index in [0.29, 0.717) is 0 Å². The molecule has 1 unspecified atom stereocenters. The second-order valence-electron chi connectivity index (χ2n) is 4.95. The van der Waals surface area contributed by atoms with Gasteiger partial charge in [-0.15, -0.1) is 0 Å². The summed E-state index contributed by atoms with van der Waals surface area (Å²) in [6.07, 6.45) is -0.542. The summed E-state index contributed by atoms with van der Waals surface area (Å²) in [7, 11) is 1.49. The molecule has 15 heavy (non-hydrogen) atoms. The van der Waals surface area contributed by atoms with Crippen LogP contribution in [0.15, 0.2) is 0 Å². The second-order valence-corrected chi connectivity index (χ2v) is 4.95. The van der Waals surface area contributed by atoms with E-state index in [1.165, 1.54) is 18.9 Å². The Balaban J connectivity index is 4.23. The van der Waals surface area contributed by atoms with Crippen LogP contribution in [0.3, 0.4) is 0 Å². The number of halogens is 1. The minimum absolute atomic E-state index is 0.0710. The van der Waals surface area contributed by atoms with Crippen molar-refractivity contribution in [3.63, 3.8) is 0 Å². The Morgan fingerprint density at radius 1 is 1.40 bits per heavy atom. The van der Waals surface area contributed by atoms with Gasteiger partial charge in [-0.3, -0.25) is 0 Å². The molecule has 90 valence electrons. The van der Waals surface area contributed by atoms with Crippen LogP contribution in [0.2, 0.25) is 0 Å². The lowest BCUT2D eigenvalue weighted by Gasteiger charge is -2.28. The van der Waals surface area contributed by atoms with E-state index in [9.17, 15) is 9.18 Å². The van der Waals surface area contributed by atoms with E-state index in [-0.39, 0.29) is 13.1 Å². The van der Waals surface area contributed by atoms with Crippen molar-refractivity contribution in [2.24, 2.45) is 5.73 Å². The molecule has 1 amide bonds. The van der Waals surface area contributed by atoms with Crippen LogP contribution in [0.5, 0.6) is 0 Å². The summed E-state index contributed by atoms with van der Waals surface area (Å²) in [6, 6.07) is 0. The molecule has 0 aromatic heterocycles. The van der Waals surface area contributed by atoms with Crippen molar-refractivity contribution in [3.05, 3.63) is 0 Å². The van der Waals surface area contributed by atoms with Gasteiger partial charge < -0.3 is 15.4 Å². The zero-order valence-electron chi connectivity index (χ0n) is 10.1. The first-order chi connectivity index (χ1) is 6.57. The highest BCUT2D eigenvalue weighted by Gasteiger charge is 2.27. The minimum atomic E-state index is -1.58. The number of hydrogen-bond donors (Lipinski definition) is 1. The van der Waals surface area contributed by atoms with Crippen LogP contribution in [-0.2, 0) is 4.74 Å². The molecule has 0 aliphatic carbocycles. The molecule has 0 aliphatic heterocycles. The lowest BCUT2D eigenvalue weighted by atomic mass is 10.1. The normalized spacial score (nSPS) is 15.7. The van der Waals surface area contributed by atoms with Gasteiger partial charge in [0.1, 0.15) is 11.3 Å². The van der Waals surface area contributed by atoms with Crippen LogP contribution in [0, 0.1) is 0 Å². The highest BCUT2D eigenvalue weighted by Crippen LogP contribution is 2.13. The lowest BCUT2D eigenvalue weighted by molar-refractivity contribution is 0.0194. The monoisotopic (exact) mass is 220 g/mol. The van der Waals surface area contributed by atoms with Crippen molar-refractivity contribution >= 4 is 6.09 Å². The number of nitrogens with two attached hydrogens (primary N) is 1. The molecular formula is C10H21FN2O2. The fourth-order valence-electron chi connectivity index (χ4n) is 0.963. The molecule has 0 bridgehead atoms. The Morgan fingerprint density at radius 2 is 1.87 bits per heavy atom. The van der Waals surface area contributed by atoms with Crippen molar-refractivity contribution in [2.75, 3.05) is 20.1 Å². The molecule has 0 rings (SSSR count). The lowest BCUT2D eigenvalue weighted by Crippen LogP contribution is -2.45. The fraction of sp³-hybridized carbons (Fsp3) is 0.900. The van der Waals surface area contributed by atoms with Gasteiger partial charge in [-0.05, 0) is 27.7 Å². The van der Waals surface area contributed by atoms with E-state index in [4.69, 9.17) is 10.5 Å². The van der Waals surface area contributed by atoms with Gasteiger partial charge >= 0.3 is 6.09 Å². The summed E-state index contributed by atoms with van der Waals surface area (Å²) >= 11 is 0. The van der Waals surface area contributed by atoms with Crippen LogP contribution in [0.25, 0.3) is 0 Å². The number of amides is 1. The van der Waals surface area contributed by atoms with Crippen molar-refractivity contribution < 1.29 is 13.9 Å². The Bertz CT molecular complexity index is 224. The molecule has 0 aliphatic rings. The van der Waals surface area contributed by atoms with Crippen LogP contribution in [0.1, 0.15) is 27.7 Å². The zero-order chi connectivity index (χ0) is 12.3. The predicted molar refractivity (Wildman–Crippen MR) is 57.4 cm³/mol. The number of ether oxygens (including phenoxy) is 1. The standard InChI is InChI=1S/C10H21FN2O2/c1-9(2,3)15-8(14)13(5)7-10(4,11)6-12/h6-7,12H2,1-5H3. The largest absolute Gasteiger partial charge is 0.444 e. The molecule has 0 spiro atoms. The van der Waals surface area contributed by atoms with E-state index in [1.54, 1.807) is 20.8 Å². The van der Waals surface area contributed by atoms with E-state index in [2.05, 4.69) is 0 Å². The Kier molecular flexibility index (Phi) is 4.52. The number of carbonyl (C=O) groups excluding carboxylic acids is 1. The summed E-state index contributed by atoms with van der Waals surface area (Å²) in [5.41, 5.74) is 3.08. The van der Waals surface area contributed by atoms with E-state index < -0.39 is 17.4 Å². The quantitative estimate of drug-likeness (QED) is 0.785. The maximum absolute atomic E-state index is 13.5. The van der Waals surface area contributed by atoms with Gasteiger partial charge in [0.05, 0.1) is 6.54 Å². The number of rotatable bonds is 3. The number of alkyl halides is 1. The number of carbonyl (C=O) groups is 1. The topological polar surface area (TPSA) is 55.6 Å². The molecule has 0 saturated heterocycles. The smallest absolute Gasteiger partial charge is 0.410 e. The van der Waals surface area contributed by atoms with Crippen LogP contribution >= 0.6 is 0 Å². The van der Waals surface area contributed by atoms with E-state index in [1.807, 2.05) is 0 Å². The Morgan fingerprint density at radius 3 is 2.20 bits per heavy atom. The third kappa shape index (κ3) is 6.28. The van der Waals surface area contributed by atoms with Crippen LogP contribution in [0.4, 0.5) is 9.18 Å². The average molecular weight is 220 g/mol. The SMILES string of the molecule is CN(CC(C)(F)CN)C(=O)OC(C)(C)C. The van der Waals surface area contributed by atoms with Crippen molar-refractivity contribution in [2.45, 2.75) is 39.0 Å². The maximum Gasteiger partial charge on any atom is 0.410 e. The van der Waals surface area contributed by atoms with Crippen molar-refractivity contribution in [1.29, 1.82) is 0 Å². The molecule has 4 nitrogen and oxygen atoms in total. The fourth-order valence-corrected chi connectivity index (χ4v) is 0.963. The van der Waals surface area contributed by atoms with Gasteiger partial charge in [0.25, 0.3) is 0 Å². The van der Waals surface area contributed by atoms with Crippen LogP contribution < -0.4 is 5.73 Å². The van der Waals surface area contributed by atoms with Gasteiger partial charge in [-0.2, -0.15) is 0 Å². The van der Waals surface area contributed by atoms with Crippen molar-refractivity contribution in [1.82, 2.24) is 4.90 Å². The molecule has 0 saturated carbocycles. The first kappa shape index (κ1) is 14.2. The van der Waals surface area contributed by atoms with Gasteiger partial charge in [0, 0.05) is 13.6 Å². The highest BCUT2D eigenvalue weighted by atomic mass is 19.1. The van der Waals surface area contributed by atoms with Gasteiger partial charge in [0.15, 0.2) is 0 Å². The zero-order valence-corrected chi connectivity index (χ0v) is 10.1. The van der Waals surface area contributed by atoms with Crippen LogP contribution in [-0.4, -0.2) is 42.4 Å². The van der Waals surface area contributed by atoms with E-state index in [0.717, 1.165) is 0 Å².